The Morgan fingerprint density at radius 1 is 1.41 bits per heavy atom. The minimum absolute atomic E-state index is 0.00375. The van der Waals surface area contributed by atoms with E-state index in [-0.39, 0.29) is 11.8 Å². The highest BCUT2D eigenvalue weighted by Crippen LogP contribution is 2.34. The van der Waals surface area contributed by atoms with Crippen molar-refractivity contribution in [2.75, 3.05) is 20.7 Å². The molecule has 0 saturated heterocycles. The van der Waals surface area contributed by atoms with Crippen LogP contribution in [0.4, 0.5) is 0 Å². The monoisotopic (exact) mass is 348 g/mol. The molecule has 0 aliphatic heterocycles. The second kappa shape index (κ2) is 9.94. The van der Waals surface area contributed by atoms with Gasteiger partial charge in [-0.05, 0) is 49.1 Å². The zero-order valence-corrected chi connectivity index (χ0v) is 15.7. The molecule has 1 saturated carbocycles. The predicted octanol–water partition coefficient (Wildman–Crippen LogP) is 2.52. The number of nitrogens with zero attached hydrogens (tertiary/aromatic N) is 1. The third kappa shape index (κ3) is 7.35. The summed E-state index contributed by atoms with van der Waals surface area (Å²) < 4.78 is 5.55. The van der Waals surface area contributed by atoms with Crippen molar-refractivity contribution in [3.8, 4) is 0 Å². The minimum atomic E-state index is -0.500. The van der Waals surface area contributed by atoms with Crippen LogP contribution in [0.2, 0.25) is 0 Å². The summed E-state index contributed by atoms with van der Waals surface area (Å²) >= 11 is 8.97. The number of hydrogen-bond donors (Lipinski definition) is 2. The van der Waals surface area contributed by atoms with Crippen molar-refractivity contribution in [3.63, 3.8) is 0 Å². The zero-order chi connectivity index (χ0) is 17.4. The maximum absolute atomic E-state index is 12.4. The van der Waals surface area contributed by atoms with E-state index in [9.17, 15) is 4.79 Å². The van der Waals surface area contributed by atoms with Gasteiger partial charge in [0, 0.05) is 20.0 Å². The molecule has 1 aliphatic rings. The summed E-state index contributed by atoms with van der Waals surface area (Å²) in [6.07, 6.45) is 2.13. The molecule has 3 unspecified atom stereocenters. The average molecular weight is 349 g/mol. The number of thiocarbonyl (C=S) groups is 2. The molecule has 0 heterocycles. The van der Waals surface area contributed by atoms with Crippen LogP contribution in [0, 0.1) is 23.7 Å². The van der Waals surface area contributed by atoms with Crippen molar-refractivity contribution in [3.05, 3.63) is 0 Å². The van der Waals surface area contributed by atoms with Gasteiger partial charge < -0.3 is 20.5 Å². The zero-order valence-electron chi connectivity index (χ0n) is 14.0. The first-order valence-electron chi connectivity index (χ1n) is 7.44. The van der Waals surface area contributed by atoms with E-state index in [4.69, 9.17) is 22.1 Å². The lowest BCUT2D eigenvalue weighted by Gasteiger charge is -2.34. The number of ether oxygens (including phenoxy) is 1. The fourth-order valence-corrected chi connectivity index (χ4v) is 2.61. The Hall–Kier alpha value is -0.950. The Bertz CT molecular complexity index is 396. The van der Waals surface area contributed by atoms with Gasteiger partial charge in [0.05, 0.1) is 5.92 Å². The summed E-state index contributed by atoms with van der Waals surface area (Å²) in [5, 5.41) is 7.52. The number of rotatable bonds is 3. The van der Waals surface area contributed by atoms with Gasteiger partial charge in [0.2, 0.25) is 0 Å². The molecule has 3 N–H and O–H groups in total. The number of ketones is 1. The third-order valence-corrected chi connectivity index (χ3v) is 4.39. The number of aliphatic hydroxyl groups excluding tert-OH is 1. The highest BCUT2D eigenvalue weighted by atomic mass is 32.1. The predicted molar refractivity (Wildman–Crippen MR) is 96.9 cm³/mol. The molecule has 0 radical (unpaired) electrons. The summed E-state index contributed by atoms with van der Waals surface area (Å²) in [6.45, 7) is 6.82. The molecule has 22 heavy (non-hydrogen) atoms. The normalized spacial score (nSPS) is 24.3. The number of hydrogen-bond acceptors (Lipinski definition) is 4. The van der Waals surface area contributed by atoms with Crippen LogP contribution in [-0.4, -0.2) is 46.8 Å². The van der Waals surface area contributed by atoms with Gasteiger partial charge in [0.15, 0.2) is 0 Å². The summed E-state index contributed by atoms with van der Waals surface area (Å²) in [6, 6.07) is 0. The molecule has 0 spiro atoms. The molecular formula is C15H28N2O3S2. The molecule has 0 aromatic carbocycles. The van der Waals surface area contributed by atoms with Crippen molar-refractivity contribution >= 4 is 40.6 Å². The van der Waals surface area contributed by atoms with E-state index in [1.807, 2.05) is 14.1 Å². The lowest BCUT2D eigenvalue weighted by atomic mass is 9.70. The molecule has 0 bridgehead atoms. The van der Waals surface area contributed by atoms with Crippen molar-refractivity contribution in [1.82, 2.24) is 4.90 Å². The van der Waals surface area contributed by atoms with Gasteiger partial charge in [-0.3, -0.25) is 4.79 Å². The molecule has 0 amide bonds. The topological polar surface area (TPSA) is 75.8 Å². The average Bonchev–Trinajstić information content (AvgIpc) is 2.36. The number of Topliss-reactive ketones (excluding diaryl/α,β-unsaturated/α-hetero) is 1. The van der Waals surface area contributed by atoms with E-state index in [1.165, 1.54) is 0 Å². The molecule has 1 aliphatic carbocycles. The largest absolute Gasteiger partial charge is 0.487 e. The molecule has 128 valence electrons. The molecular weight excluding hydrogens is 320 g/mol. The van der Waals surface area contributed by atoms with Gasteiger partial charge in [-0.15, -0.1) is 0 Å². The van der Waals surface area contributed by atoms with Gasteiger partial charge in [0.25, 0.3) is 10.3 Å². The standard InChI is InChI=1S/C14H25NO2S.CH3NOS/c1-9(2)11-7-6-10(3)12(13(11)16)8-17-14(18)15(4)5;2-1(3)4/h9-12H,6-8H2,1-5H3;(H3,2,3,4). The van der Waals surface area contributed by atoms with Crippen LogP contribution >= 0.6 is 24.4 Å². The molecule has 0 aromatic heterocycles. The van der Waals surface area contributed by atoms with Gasteiger partial charge >= 0.3 is 0 Å². The van der Waals surface area contributed by atoms with Gasteiger partial charge in [-0.25, -0.2) is 0 Å². The van der Waals surface area contributed by atoms with Crippen LogP contribution < -0.4 is 5.73 Å². The first-order valence-corrected chi connectivity index (χ1v) is 8.25. The fourth-order valence-electron chi connectivity index (χ4n) is 2.54. The van der Waals surface area contributed by atoms with Crippen LogP contribution in [0.1, 0.15) is 33.6 Å². The van der Waals surface area contributed by atoms with Gasteiger partial charge in [0.1, 0.15) is 12.4 Å². The number of carbonyl (C=O) groups excluding carboxylic acids is 1. The first-order chi connectivity index (χ1) is 10.1. The van der Waals surface area contributed by atoms with E-state index in [0.717, 1.165) is 12.8 Å². The minimum Gasteiger partial charge on any atom is -0.487 e. The third-order valence-electron chi connectivity index (χ3n) is 3.91. The van der Waals surface area contributed by atoms with Crippen LogP contribution in [0.5, 0.6) is 0 Å². The van der Waals surface area contributed by atoms with Crippen LogP contribution in [0.3, 0.4) is 0 Å². The van der Waals surface area contributed by atoms with Crippen molar-refractivity contribution in [1.29, 1.82) is 0 Å². The Morgan fingerprint density at radius 2 is 1.91 bits per heavy atom. The fraction of sp³-hybridized carbons (Fsp3) is 0.800. The van der Waals surface area contributed by atoms with Crippen molar-refractivity contribution < 1.29 is 14.6 Å². The lowest BCUT2D eigenvalue weighted by Crippen LogP contribution is -2.40. The second-order valence-corrected chi connectivity index (χ2v) is 6.99. The summed E-state index contributed by atoms with van der Waals surface area (Å²) in [4.78, 5) is 14.2. The lowest BCUT2D eigenvalue weighted by molar-refractivity contribution is -0.134. The highest BCUT2D eigenvalue weighted by Gasteiger charge is 2.37. The number of aliphatic hydroxyl groups is 1. The summed E-state index contributed by atoms with van der Waals surface area (Å²) in [5.41, 5.74) is 4.40. The van der Waals surface area contributed by atoms with Gasteiger partial charge in [-0.1, -0.05) is 20.8 Å². The van der Waals surface area contributed by atoms with E-state index in [0.29, 0.717) is 29.4 Å². The summed E-state index contributed by atoms with van der Waals surface area (Å²) in [5.74, 6) is 1.39. The molecule has 7 heteroatoms. The summed E-state index contributed by atoms with van der Waals surface area (Å²) in [7, 11) is 3.71. The van der Waals surface area contributed by atoms with Gasteiger partial charge in [-0.2, -0.15) is 0 Å². The van der Waals surface area contributed by atoms with Crippen molar-refractivity contribution in [2.24, 2.45) is 29.4 Å². The van der Waals surface area contributed by atoms with Crippen LogP contribution in [-0.2, 0) is 9.53 Å². The SMILES string of the molecule is CC(C)C1CCC(C)C(COC(=S)N(C)C)C1=O.NC(O)=S. The number of nitrogens with two attached hydrogens (primary N) is 1. The Morgan fingerprint density at radius 3 is 2.32 bits per heavy atom. The molecule has 3 atom stereocenters. The first kappa shape index (κ1) is 21.0. The molecule has 1 rings (SSSR count). The van der Waals surface area contributed by atoms with Crippen LogP contribution in [0.15, 0.2) is 0 Å². The molecule has 1 fully saturated rings. The Balaban J connectivity index is 0.000000980. The smallest absolute Gasteiger partial charge is 0.258 e. The van der Waals surface area contributed by atoms with E-state index in [2.05, 4.69) is 38.7 Å². The van der Waals surface area contributed by atoms with Crippen molar-refractivity contribution in [2.45, 2.75) is 33.6 Å². The van der Waals surface area contributed by atoms with Crippen LogP contribution in [0.25, 0.3) is 0 Å². The maximum atomic E-state index is 12.4. The highest BCUT2D eigenvalue weighted by molar-refractivity contribution is 7.80. The molecule has 0 aromatic rings. The van der Waals surface area contributed by atoms with E-state index < -0.39 is 5.17 Å². The molecule has 5 nitrogen and oxygen atoms in total. The quantitative estimate of drug-likeness (QED) is 0.759. The Kier molecular flexibility index (Phi) is 9.51. The number of carbonyl (C=O) groups is 1. The van der Waals surface area contributed by atoms with E-state index >= 15 is 0 Å². The second-order valence-electron chi connectivity index (χ2n) is 6.22. The van der Waals surface area contributed by atoms with E-state index in [1.54, 1.807) is 4.90 Å². The Labute approximate surface area is 144 Å². The maximum Gasteiger partial charge on any atom is 0.258 e.